The van der Waals surface area contributed by atoms with Gasteiger partial charge < -0.3 is 4.52 Å². The quantitative estimate of drug-likeness (QED) is 0.552. The number of hydrogen-bond donors (Lipinski definition) is 0. The van der Waals surface area contributed by atoms with E-state index < -0.39 is 7.82 Å². The zero-order chi connectivity index (χ0) is 10.8. The lowest BCUT2D eigenvalue weighted by atomic mass is 10.9. The van der Waals surface area contributed by atoms with Gasteiger partial charge in [0.15, 0.2) is 0 Å². The summed E-state index contributed by atoms with van der Waals surface area (Å²) >= 11 is 0. The van der Waals surface area contributed by atoms with Crippen LogP contribution in [-0.2, 0) is 27.7 Å². The van der Waals surface area contributed by atoms with Crippen molar-refractivity contribution in [3.63, 3.8) is 0 Å². The van der Waals surface area contributed by atoms with Crippen molar-refractivity contribution in [2.45, 2.75) is 0 Å². The Morgan fingerprint density at radius 2 is 2.00 bits per heavy atom. The van der Waals surface area contributed by atoms with Gasteiger partial charge in [-0.05, 0) is 0 Å². The molecule has 0 bridgehead atoms. The first-order valence-corrected chi connectivity index (χ1v) is 5.40. The predicted octanol–water partition coefficient (Wildman–Crippen LogP) is 0.629. The van der Waals surface area contributed by atoms with Crippen LogP contribution < -0.4 is 9.09 Å². The van der Waals surface area contributed by atoms with Crippen LogP contribution in [0.2, 0.25) is 0 Å². The number of aryl methyl sites for hydroxylation is 2. The zero-order valence-corrected chi connectivity index (χ0v) is 9.52. The molecule has 0 N–H and O–H groups in total. The highest BCUT2D eigenvalue weighted by Crippen LogP contribution is 2.46. The molecule has 0 unspecified atom stereocenters. The van der Waals surface area contributed by atoms with E-state index in [0.717, 1.165) is 0 Å². The van der Waals surface area contributed by atoms with E-state index in [4.69, 9.17) is 4.52 Å². The van der Waals surface area contributed by atoms with Crippen LogP contribution in [0.3, 0.4) is 0 Å². The maximum absolute atomic E-state index is 11.6. The third-order valence-electron chi connectivity index (χ3n) is 1.76. The average molecular weight is 221 g/mol. The molecular weight excluding hydrogens is 207 g/mol. The largest absolute Gasteiger partial charge is 0.534 e. The number of imidazole rings is 1. The molecule has 0 aliphatic heterocycles. The molecule has 7 heteroatoms. The number of hydrogen-bond acceptors (Lipinski definition) is 4. The molecule has 0 aliphatic carbocycles. The number of rotatable bonds is 4. The number of aromatic nitrogens is 2. The molecule has 0 saturated heterocycles. The van der Waals surface area contributed by atoms with Crippen LogP contribution in [0.15, 0.2) is 12.4 Å². The molecule has 14 heavy (non-hydrogen) atoms. The first-order chi connectivity index (χ1) is 6.52. The van der Waals surface area contributed by atoms with Gasteiger partial charge in [0, 0.05) is 14.2 Å². The lowest BCUT2D eigenvalue weighted by molar-refractivity contribution is -0.674. The van der Waals surface area contributed by atoms with E-state index in [0.29, 0.717) is 6.01 Å². The second-order valence-corrected chi connectivity index (χ2v) is 4.51. The topological polar surface area (TPSA) is 53.6 Å². The van der Waals surface area contributed by atoms with Gasteiger partial charge in [-0.25, -0.2) is 4.57 Å². The van der Waals surface area contributed by atoms with Crippen molar-refractivity contribution in [3.05, 3.63) is 12.4 Å². The van der Waals surface area contributed by atoms with E-state index >= 15 is 0 Å². The van der Waals surface area contributed by atoms with Crippen molar-refractivity contribution >= 4 is 7.82 Å². The molecule has 0 spiro atoms. The fraction of sp³-hybridized carbons (Fsp3) is 0.571. The highest BCUT2D eigenvalue weighted by atomic mass is 31.2. The van der Waals surface area contributed by atoms with Crippen molar-refractivity contribution in [1.29, 1.82) is 0 Å². The highest BCUT2D eigenvalue weighted by Gasteiger charge is 2.30. The van der Waals surface area contributed by atoms with Crippen molar-refractivity contribution < 1.29 is 22.7 Å². The van der Waals surface area contributed by atoms with Crippen molar-refractivity contribution in [3.8, 4) is 6.01 Å². The average Bonchev–Trinajstić information content (AvgIpc) is 2.49. The van der Waals surface area contributed by atoms with Gasteiger partial charge in [-0.2, -0.15) is 9.13 Å². The van der Waals surface area contributed by atoms with Crippen LogP contribution in [0.5, 0.6) is 6.01 Å². The Morgan fingerprint density at radius 3 is 2.36 bits per heavy atom. The monoisotopic (exact) mass is 221 g/mol. The fourth-order valence-corrected chi connectivity index (χ4v) is 1.71. The Balaban J connectivity index is 2.93. The lowest BCUT2D eigenvalue weighted by Crippen LogP contribution is -2.28. The molecule has 80 valence electrons. The van der Waals surface area contributed by atoms with E-state index in [1.54, 1.807) is 35.6 Å². The molecule has 0 atom stereocenters. The summed E-state index contributed by atoms with van der Waals surface area (Å²) in [5, 5.41) is 0. The Morgan fingerprint density at radius 1 is 1.43 bits per heavy atom. The van der Waals surface area contributed by atoms with E-state index in [-0.39, 0.29) is 0 Å². The molecule has 0 amide bonds. The molecule has 1 heterocycles. The predicted molar refractivity (Wildman–Crippen MR) is 48.8 cm³/mol. The van der Waals surface area contributed by atoms with E-state index in [2.05, 4.69) is 9.05 Å². The Kier molecular flexibility index (Phi) is 3.31. The Labute approximate surface area is 82.6 Å². The van der Waals surface area contributed by atoms with E-state index in [1.165, 1.54) is 14.2 Å². The molecular formula is C7H14N2O4P+. The van der Waals surface area contributed by atoms with Gasteiger partial charge in [-0.1, -0.05) is 0 Å². The van der Waals surface area contributed by atoms with Crippen LogP contribution in [0, 0.1) is 0 Å². The van der Waals surface area contributed by atoms with Gasteiger partial charge in [0.05, 0.1) is 14.1 Å². The first kappa shape index (κ1) is 11.2. The lowest BCUT2D eigenvalue weighted by Gasteiger charge is -2.11. The standard InChI is InChI=1S/C7H14N2O4P/c1-8-5-6-9(2)7(8)13-14(10,11-3)12-4/h5-6H,1-4H3/q+1. The third-order valence-corrected chi connectivity index (χ3v) is 3.04. The summed E-state index contributed by atoms with van der Waals surface area (Å²) in [6.45, 7) is 0. The van der Waals surface area contributed by atoms with Gasteiger partial charge in [0.25, 0.3) is 0 Å². The molecule has 0 aromatic carbocycles. The third kappa shape index (κ3) is 2.15. The van der Waals surface area contributed by atoms with Crippen molar-refractivity contribution in [2.24, 2.45) is 14.1 Å². The van der Waals surface area contributed by atoms with Gasteiger partial charge in [0.2, 0.25) is 0 Å². The highest BCUT2D eigenvalue weighted by molar-refractivity contribution is 7.48. The number of phosphoric ester groups is 1. The number of phosphoric acid groups is 1. The molecule has 0 fully saturated rings. The van der Waals surface area contributed by atoms with E-state index in [9.17, 15) is 4.57 Å². The summed E-state index contributed by atoms with van der Waals surface area (Å²) < 4.78 is 29.4. The molecule has 0 aliphatic rings. The smallest absolute Gasteiger partial charge is 0.334 e. The summed E-state index contributed by atoms with van der Waals surface area (Å²) in [6, 6.07) is 0.400. The molecule has 0 radical (unpaired) electrons. The second-order valence-electron chi connectivity index (χ2n) is 2.71. The van der Waals surface area contributed by atoms with E-state index in [1.807, 2.05) is 0 Å². The summed E-state index contributed by atoms with van der Waals surface area (Å²) in [5.74, 6) is 0. The zero-order valence-electron chi connectivity index (χ0n) is 8.63. The van der Waals surface area contributed by atoms with Crippen LogP contribution >= 0.6 is 7.82 Å². The van der Waals surface area contributed by atoms with Gasteiger partial charge in [0.1, 0.15) is 12.4 Å². The normalized spacial score (nSPS) is 11.7. The maximum atomic E-state index is 11.6. The molecule has 1 rings (SSSR count). The summed E-state index contributed by atoms with van der Waals surface area (Å²) in [6.07, 6.45) is 3.54. The van der Waals surface area contributed by atoms with Crippen molar-refractivity contribution in [1.82, 2.24) is 4.57 Å². The molecule has 6 nitrogen and oxygen atoms in total. The minimum Gasteiger partial charge on any atom is -0.334 e. The minimum absolute atomic E-state index is 0.400. The van der Waals surface area contributed by atoms with Gasteiger partial charge >= 0.3 is 13.8 Å². The SMILES string of the molecule is COP(=O)(OC)Oc1n(C)cc[n+]1C. The van der Waals surface area contributed by atoms with Crippen LogP contribution in [0.1, 0.15) is 0 Å². The van der Waals surface area contributed by atoms with Crippen LogP contribution in [0.25, 0.3) is 0 Å². The second kappa shape index (κ2) is 4.13. The molecule has 0 saturated carbocycles. The summed E-state index contributed by atoms with van der Waals surface area (Å²) in [4.78, 5) is 0. The summed E-state index contributed by atoms with van der Waals surface area (Å²) in [7, 11) is 2.61. The van der Waals surface area contributed by atoms with Crippen molar-refractivity contribution in [2.75, 3.05) is 14.2 Å². The van der Waals surface area contributed by atoms with Gasteiger partial charge in [-0.15, -0.1) is 0 Å². The minimum atomic E-state index is -3.47. The Bertz CT molecular complexity index is 335. The van der Waals surface area contributed by atoms with Crippen LogP contribution in [-0.4, -0.2) is 18.8 Å². The van der Waals surface area contributed by atoms with Gasteiger partial charge in [-0.3, -0.25) is 9.05 Å². The fourth-order valence-electron chi connectivity index (χ4n) is 0.954. The number of nitrogens with zero attached hydrogens (tertiary/aromatic N) is 2. The molecule has 1 aromatic rings. The van der Waals surface area contributed by atoms with Crippen LogP contribution in [0.4, 0.5) is 0 Å². The Hall–Kier alpha value is -0.840. The molecule has 1 aromatic heterocycles. The summed E-state index contributed by atoms with van der Waals surface area (Å²) in [5.41, 5.74) is 0. The maximum Gasteiger partial charge on any atom is 0.534 e. The first-order valence-electron chi connectivity index (χ1n) is 3.94.